The lowest BCUT2D eigenvalue weighted by atomic mass is 10.1. The molecular formula is C22H18FN3O2. The maximum atomic E-state index is 14.7. The summed E-state index contributed by atoms with van der Waals surface area (Å²) < 4.78 is 14.7. The van der Waals surface area contributed by atoms with Crippen LogP contribution in [0.3, 0.4) is 0 Å². The third-order valence-corrected chi connectivity index (χ3v) is 4.71. The molecule has 2 heterocycles. The van der Waals surface area contributed by atoms with Crippen LogP contribution in [0, 0.1) is 5.82 Å². The van der Waals surface area contributed by atoms with Crippen molar-refractivity contribution < 1.29 is 14.3 Å². The first-order chi connectivity index (χ1) is 13.6. The average Bonchev–Trinajstić information content (AvgIpc) is 2.72. The molecule has 1 aliphatic rings. The van der Waals surface area contributed by atoms with Crippen LogP contribution in [-0.2, 0) is 13.0 Å². The zero-order chi connectivity index (χ0) is 19.5. The first-order valence-corrected chi connectivity index (χ1v) is 8.96. The van der Waals surface area contributed by atoms with Crippen molar-refractivity contribution in [3.63, 3.8) is 0 Å². The van der Waals surface area contributed by atoms with Gasteiger partial charge in [-0.1, -0.05) is 48.6 Å². The molecule has 0 aliphatic carbocycles. The highest BCUT2D eigenvalue weighted by Crippen LogP contribution is 2.24. The van der Waals surface area contributed by atoms with Crippen molar-refractivity contribution in [2.45, 2.75) is 13.0 Å². The standard InChI is InChI=1S/C22H18FN3O2/c23-19-12-16(7-6-15-4-2-1-3-5-15)8-9-18(19)21-24-13-17-14-26(22(27)28)11-10-20(17)25-21/h1-9,12-13H,10-11,14H2,(H,27,28)/b7-6+. The Kier molecular flexibility index (Phi) is 4.85. The van der Waals surface area contributed by atoms with Crippen molar-refractivity contribution in [2.24, 2.45) is 0 Å². The molecule has 4 rings (SSSR count). The molecule has 0 unspecified atom stereocenters. The third kappa shape index (κ3) is 3.76. The predicted molar refractivity (Wildman–Crippen MR) is 105 cm³/mol. The molecule has 0 saturated heterocycles. The highest BCUT2D eigenvalue weighted by atomic mass is 19.1. The van der Waals surface area contributed by atoms with E-state index in [1.807, 2.05) is 48.6 Å². The monoisotopic (exact) mass is 375 g/mol. The van der Waals surface area contributed by atoms with Gasteiger partial charge in [0.25, 0.3) is 0 Å². The van der Waals surface area contributed by atoms with Gasteiger partial charge in [-0.05, 0) is 23.3 Å². The Morgan fingerprint density at radius 2 is 1.89 bits per heavy atom. The summed E-state index contributed by atoms with van der Waals surface area (Å²) in [6.07, 6.45) is 4.92. The summed E-state index contributed by atoms with van der Waals surface area (Å²) in [5.41, 5.74) is 3.66. The van der Waals surface area contributed by atoms with Crippen LogP contribution in [0.5, 0.6) is 0 Å². The van der Waals surface area contributed by atoms with E-state index in [4.69, 9.17) is 5.11 Å². The molecule has 28 heavy (non-hydrogen) atoms. The minimum Gasteiger partial charge on any atom is -0.465 e. The van der Waals surface area contributed by atoms with E-state index in [1.165, 1.54) is 11.0 Å². The highest BCUT2D eigenvalue weighted by Gasteiger charge is 2.22. The number of benzene rings is 2. The molecule has 1 N–H and O–H groups in total. The van der Waals surface area contributed by atoms with E-state index >= 15 is 0 Å². The third-order valence-electron chi connectivity index (χ3n) is 4.71. The summed E-state index contributed by atoms with van der Waals surface area (Å²) in [7, 11) is 0. The fraction of sp³-hybridized carbons (Fsp3) is 0.136. The van der Waals surface area contributed by atoms with Crippen LogP contribution in [0.25, 0.3) is 23.5 Å². The number of halogens is 1. The average molecular weight is 375 g/mol. The van der Waals surface area contributed by atoms with Crippen LogP contribution in [-0.4, -0.2) is 32.6 Å². The van der Waals surface area contributed by atoms with Crippen molar-refractivity contribution in [2.75, 3.05) is 6.54 Å². The number of hydrogen-bond acceptors (Lipinski definition) is 3. The fourth-order valence-electron chi connectivity index (χ4n) is 3.18. The molecule has 1 aromatic heterocycles. The minimum absolute atomic E-state index is 0.261. The van der Waals surface area contributed by atoms with Gasteiger partial charge in [-0.25, -0.2) is 19.2 Å². The topological polar surface area (TPSA) is 66.3 Å². The SMILES string of the molecule is O=C(O)N1CCc2nc(-c3ccc(/C=C/c4ccccc4)cc3F)ncc2C1. The quantitative estimate of drug-likeness (QED) is 0.685. The number of aromatic nitrogens is 2. The van der Waals surface area contributed by atoms with Crippen LogP contribution < -0.4 is 0 Å². The summed E-state index contributed by atoms with van der Waals surface area (Å²) in [6.45, 7) is 0.640. The summed E-state index contributed by atoms with van der Waals surface area (Å²) >= 11 is 0. The van der Waals surface area contributed by atoms with Gasteiger partial charge in [-0.2, -0.15) is 0 Å². The molecule has 0 saturated carbocycles. The normalized spacial score (nSPS) is 13.5. The molecular weight excluding hydrogens is 357 g/mol. The van der Waals surface area contributed by atoms with E-state index < -0.39 is 11.9 Å². The Morgan fingerprint density at radius 1 is 1.11 bits per heavy atom. The minimum atomic E-state index is -0.958. The Bertz CT molecular complexity index is 1050. The van der Waals surface area contributed by atoms with E-state index in [-0.39, 0.29) is 6.54 Å². The number of carbonyl (C=O) groups is 1. The summed E-state index contributed by atoms with van der Waals surface area (Å²) in [5.74, 6) is -0.0725. The number of rotatable bonds is 3. The second-order valence-electron chi connectivity index (χ2n) is 6.60. The number of hydrogen-bond donors (Lipinski definition) is 1. The molecule has 0 spiro atoms. The van der Waals surface area contributed by atoms with Gasteiger partial charge in [0.15, 0.2) is 5.82 Å². The largest absolute Gasteiger partial charge is 0.465 e. The fourth-order valence-corrected chi connectivity index (χ4v) is 3.18. The maximum Gasteiger partial charge on any atom is 0.407 e. The van der Waals surface area contributed by atoms with Gasteiger partial charge < -0.3 is 10.0 Å². The van der Waals surface area contributed by atoms with Gasteiger partial charge in [0, 0.05) is 24.7 Å². The van der Waals surface area contributed by atoms with E-state index in [9.17, 15) is 9.18 Å². The second kappa shape index (κ2) is 7.60. The Balaban J connectivity index is 1.57. The number of amides is 1. The lowest BCUT2D eigenvalue weighted by Crippen LogP contribution is -2.35. The summed E-state index contributed by atoms with van der Waals surface area (Å²) in [6, 6.07) is 14.8. The van der Waals surface area contributed by atoms with Crippen molar-refractivity contribution >= 4 is 18.2 Å². The lowest BCUT2D eigenvalue weighted by molar-refractivity contribution is 0.139. The first-order valence-electron chi connectivity index (χ1n) is 8.96. The smallest absolute Gasteiger partial charge is 0.407 e. The summed E-state index contributed by atoms with van der Waals surface area (Å²) in [5, 5.41) is 9.11. The van der Waals surface area contributed by atoms with Crippen LogP contribution in [0.15, 0.2) is 54.7 Å². The maximum absolute atomic E-state index is 14.7. The van der Waals surface area contributed by atoms with Crippen molar-refractivity contribution in [3.05, 3.63) is 82.9 Å². The van der Waals surface area contributed by atoms with Crippen LogP contribution in [0.2, 0.25) is 0 Å². The number of fused-ring (bicyclic) bond motifs is 1. The van der Waals surface area contributed by atoms with E-state index in [1.54, 1.807) is 12.3 Å². The van der Waals surface area contributed by atoms with Gasteiger partial charge in [-0.15, -0.1) is 0 Å². The zero-order valence-electron chi connectivity index (χ0n) is 15.0. The lowest BCUT2D eigenvalue weighted by Gasteiger charge is -2.25. The summed E-state index contributed by atoms with van der Waals surface area (Å²) in [4.78, 5) is 21.1. The molecule has 1 aliphatic heterocycles. The van der Waals surface area contributed by atoms with Gasteiger partial charge in [0.2, 0.25) is 0 Å². The molecule has 0 atom stereocenters. The molecule has 0 radical (unpaired) electrons. The number of nitrogens with zero attached hydrogens (tertiary/aromatic N) is 3. The Morgan fingerprint density at radius 3 is 2.64 bits per heavy atom. The van der Waals surface area contributed by atoms with Gasteiger partial charge >= 0.3 is 6.09 Å². The molecule has 6 heteroatoms. The van der Waals surface area contributed by atoms with Crippen LogP contribution in [0.4, 0.5) is 9.18 Å². The molecule has 0 bridgehead atoms. The van der Waals surface area contributed by atoms with Crippen molar-refractivity contribution in [3.8, 4) is 11.4 Å². The van der Waals surface area contributed by atoms with E-state index in [2.05, 4.69) is 9.97 Å². The Labute approximate surface area is 161 Å². The van der Waals surface area contributed by atoms with Crippen molar-refractivity contribution in [1.82, 2.24) is 14.9 Å². The predicted octanol–water partition coefficient (Wildman–Crippen LogP) is 4.49. The zero-order valence-corrected chi connectivity index (χ0v) is 15.0. The molecule has 140 valence electrons. The van der Waals surface area contributed by atoms with E-state index in [0.29, 0.717) is 24.4 Å². The van der Waals surface area contributed by atoms with E-state index in [0.717, 1.165) is 22.4 Å². The number of carboxylic acid groups (broad SMARTS) is 1. The van der Waals surface area contributed by atoms with Crippen LogP contribution >= 0.6 is 0 Å². The second-order valence-corrected chi connectivity index (χ2v) is 6.60. The highest BCUT2D eigenvalue weighted by molar-refractivity contribution is 5.71. The van der Waals surface area contributed by atoms with Gasteiger partial charge in [0.1, 0.15) is 5.82 Å². The van der Waals surface area contributed by atoms with Crippen molar-refractivity contribution in [1.29, 1.82) is 0 Å². The molecule has 1 amide bonds. The molecule has 2 aromatic carbocycles. The van der Waals surface area contributed by atoms with Gasteiger partial charge in [-0.3, -0.25) is 0 Å². The molecule has 5 nitrogen and oxygen atoms in total. The Hall–Kier alpha value is -3.54. The molecule has 0 fully saturated rings. The van der Waals surface area contributed by atoms with Gasteiger partial charge in [0.05, 0.1) is 17.8 Å². The first kappa shape index (κ1) is 17.9. The molecule has 3 aromatic rings. The van der Waals surface area contributed by atoms with Crippen LogP contribution in [0.1, 0.15) is 22.4 Å².